The Bertz CT molecular complexity index is 510. The Labute approximate surface area is 139 Å². The number of hydrogen-bond donors (Lipinski definition) is 0. The molecule has 1 rings (SSSR count). The van der Waals surface area contributed by atoms with Gasteiger partial charge in [0.15, 0.2) is 14.9 Å². The summed E-state index contributed by atoms with van der Waals surface area (Å²) < 4.78 is 48.7. The molecule has 7 heteroatoms. The van der Waals surface area contributed by atoms with Gasteiger partial charge in [0, 0.05) is 10.0 Å². The van der Waals surface area contributed by atoms with E-state index in [-0.39, 0.29) is 17.4 Å². The molecule has 0 amide bonds. The van der Waals surface area contributed by atoms with Crippen molar-refractivity contribution in [2.45, 2.75) is 51.7 Å². The maximum atomic E-state index is 12.3. The molecule has 0 saturated carbocycles. The molecule has 0 unspecified atom stereocenters. The van der Waals surface area contributed by atoms with Crippen LogP contribution in [-0.4, -0.2) is 21.1 Å². The summed E-state index contributed by atoms with van der Waals surface area (Å²) in [4.78, 5) is 0. The van der Waals surface area contributed by atoms with Crippen LogP contribution >= 0.6 is 15.9 Å². The van der Waals surface area contributed by atoms with Crippen molar-refractivity contribution in [2.75, 3.05) is 6.61 Å². The number of halogens is 4. The van der Waals surface area contributed by atoms with Gasteiger partial charge in [-0.05, 0) is 30.3 Å². The minimum atomic E-state index is -4.36. The Morgan fingerprint density at radius 2 is 1.73 bits per heavy atom. The highest BCUT2D eigenvalue weighted by molar-refractivity contribution is 9.10. The zero-order valence-electron chi connectivity index (χ0n) is 13.5. The molecule has 1 aromatic carbocycles. The Balaban J connectivity index is 2.87. The summed E-state index contributed by atoms with van der Waals surface area (Å²) in [6.45, 7) is 9.48. The van der Waals surface area contributed by atoms with Crippen LogP contribution in [0.4, 0.5) is 13.2 Å². The van der Waals surface area contributed by atoms with Crippen LogP contribution in [-0.2, 0) is 11.0 Å². The third kappa shape index (κ3) is 5.93. The molecule has 1 aromatic rings. The van der Waals surface area contributed by atoms with Gasteiger partial charge in [0.05, 0.1) is 6.61 Å². The van der Waals surface area contributed by atoms with E-state index in [1.165, 1.54) is 6.07 Å². The molecule has 0 saturated heterocycles. The van der Waals surface area contributed by atoms with E-state index in [0.717, 1.165) is 0 Å². The molecule has 0 spiro atoms. The molecule has 0 atom stereocenters. The lowest BCUT2D eigenvalue weighted by Gasteiger charge is -2.36. The van der Waals surface area contributed by atoms with E-state index in [1.807, 2.05) is 0 Å². The number of benzene rings is 1. The Morgan fingerprint density at radius 3 is 2.23 bits per heavy atom. The van der Waals surface area contributed by atoms with Crippen molar-refractivity contribution in [1.29, 1.82) is 0 Å². The van der Waals surface area contributed by atoms with Gasteiger partial charge in [0.2, 0.25) is 0 Å². The number of ether oxygens (including phenoxy) is 1. The first-order valence-corrected chi connectivity index (χ1v) is 10.6. The third-order valence-electron chi connectivity index (χ3n) is 3.82. The summed E-state index contributed by atoms with van der Waals surface area (Å²) >= 11 is 3.25. The highest BCUT2D eigenvalue weighted by Crippen LogP contribution is 2.38. The molecular formula is C15H22BrF3O2Si. The van der Waals surface area contributed by atoms with Crippen molar-refractivity contribution in [3.8, 4) is 5.75 Å². The van der Waals surface area contributed by atoms with Gasteiger partial charge in [-0.15, -0.1) is 0 Å². The second kappa shape index (κ2) is 6.92. The summed E-state index contributed by atoms with van der Waals surface area (Å²) in [5, 5.41) is 0.0371. The fourth-order valence-corrected chi connectivity index (χ4v) is 2.71. The van der Waals surface area contributed by atoms with Crippen LogP contribution in [0.5, 0.6) is 5.75 Å². The number of rotatable bonds is 5. The minimum absolute atomic E-state index is 0.0371. The summed E-state index contributed by atoms with van der Waals surface area (Å²) in [6.07, 6.45) is -4.36. The number of hydrogen-bond acceptors (Lipinski definition) is 2. The monoisotopic (exact) mass is 398 g/mol. The summed E-state index contributed by atoms with van der Waals surface area (Å²) in [5.41, 5.74) is 0.622. The molecule has 0 bridgehead atoms. The summed E-state index contributed by atoms with van der Waals surface area (Å²) in [5.74, 6) is 0.199. The van der Waals surface area contributed by atoms with E-state index in [1.54, 1.807) is 12.1 Å². The first-order valence-electron chi connectivity index (χ1n) is 6.94. The predicted octanol–water partition coefficient (Wildman–Crippen LogP) is 5.91. The van der Waals surface area contributed by atoms with E-state index >= 15 is 0 Å². The van der Waals surface area contributed by atoms with Crippen LogP contribution in [0.1, 0.15) is 26.3 Å². The zero-order chi connectivity index (χ0) is 17.2. The van der Waals surface area contributed by atoms with Gasteiger partial charge >= 0.3 is 6.18 Å². The molecule has 0 N–H and O–H groups in total. The maximum Gasteiger partial charge on any atom is 0.422 e. The first-order chi connectivity index (χ1) is 9.82. The summed E-state index contributed by atoms with van der Waals surface area (Å²) in [7, 11) is -1.97. The third-order valence-corrected chi connectivity index (χ3v) is 8.79. The Kier molecular flexibility index (Phi) is 6.14. The van der Waals surface area contributed by atoms with Gasteiger partial charge in [-0.1, -0.05) is 42.8 Å². The molecular weight excluding hydrogens is 377 g/mol. The van der Waals surface area contributed by atoms with Crippen molar-refractivity contribution in [3.63, 3.8) is 0 Å². The lowest BCUT2D eigenvalue weighted by atomic mass is 10.2. The van der Waals surface area contributed by atoms with Crippen molar-refractivity contribution in [3.05, 3.63) is 28.2 Å². The Hall–Kier alpha value is -0.533. The fraction of sp³-hybridized carbons (Fsp3) is 0.600. The molecule has 0 aliphatic rings. The standard InChI is InChI=1S/C15H22BrF3O2Si/c1-14(2,3)22(4,5)21-9-11-6-7-12(16)8-13(11)20-10-15(17,18)19/h6-8H,9-10H2,1-5H3. The van der Waals surface area contributed by atoms with E-state index in [9.17, 15) is 13.2 Å². The molecule has 0 fully saturated rings. The molecule has 22 heavy (non-hydrogen) atoms. The normalized spacial score (nSPS) is 13.3. The maximum absolute atomic E-state index is 12.3. The van der Waals surface area contributed by atoms with E-state index < -0.39 is 21.1 Å². The van der Waals surface area contributed by atoms with Gasteiger partial charge in [-0.2, -0.15) is 13.2 Å². The second-order valence-electron chi connectivity index (χ2n) is 6.70. The highest BCUT2D eigenvalue weighted by Gasteiger charge is 2.37. The average Bonchev–Trinajstić information content (AvgIpc) is 2.33. The molecule has 0 aliphatic carbocycles. The fourth-order valence-electron chi connectivity index (χ4n) is 1.42. The SMILES string of the molecule is CC(C)(C)[Si](C)(C)OCc1ccc(Br)cc1OCC(F)(F)F. The molecule has 0 aromatic heterocycles. The number of alkyl halides is 3. The lowest BCUT2D eigenvalue weighted by molar-refractivity contribution is -0.153. The smallest absolute Gasteiger partial charge is 0.422 e. The second-order valence-corrected chi connectivity index (χ2v) is 12.4. The van der Waals surface area contributed by atoms with Crippen molar-refractivity contribution >= 4 is 24.2 Å². The van der Waals surface area contributed by atoms with Gasteiger partial charge in [-0.25, -0.2) is 0 Å². The molecule has 0 heterocycles. The van der Waals surface area contributed by atoms with E-state index in [2.05, 4.69) is 49.8 Å². The van der Waals surface area contributed by atoms with Crippen molar-refractivity contribution in [2.24, 2.45) is 0 Å². The van der Waals surface area contributed by atoms with E-state index in [0.29, 0.717) is 10.0 Å². The molecule has 126 valence electrons. The quantitative estimate of drug-likeness (QED) is 0.573. The Morgan fingerprint density at radius 1 is 1.14 bits per heavy atom. The van der Waals surface area contributed by atoms with Gasteiger partial charge in [-0.3, -0.25) is 0 Å². The summed E-state index contributed by atoms with van der Waals surface area (Å²) in [6, 6.07) is 5.03. The molecule has 0 aliphatic heterocycles. The average molecular weight is 399 g/mol. The highest BCUT2D eigenvalue weighted by atomic mass is 79.9. The van der Waals surface area contributed by atoms with Crippen molar-refractivity contribution in [1.82, 2.24) is 0 Å². The van der Waals surface area contributed by atoms with Gasteiger partial charge < -0.3 is 9.16 Å². The van der Waals surface area contributed by atoms with Crippen LogP contribution in [0.3, 0.4) is 0 Å². The molecule has 2 nitrogen and oxygen atoms in total. The van der Waals surface area contributed by atoms with Crippen LogP contribution in [0, 0.1) is 0 Å². The van der Waals surface area contributed by atoms with Crippen LogP contribution in [0.25, 0.3) is 0 Å². The zero-order valence-corrected chi connectivity index (χ0v) is 16.1. The lowest BCUT2D eigenvalue weighted by Crippen LogP contribution is -2.40. The van der Waals surface area contributed by atoms with Crippen molar-refractivity contribution < 1.29 is 22.3 Å². The predicted molar refractivity (Wildman–Crippen MR) is 87.7 cm³/mol. The van der Waals surface area contributed by atoms with Gasteiger partial charge in [0.1, 0.15) is 5.75 Å². The minimum Gasteiger partial charge on any atom is -0.484 e. The van der Waals surface area contributed by atoms with Crippen LogP contribution in [0.2, 0.25) is 18.1 Å². The van der Waals surface area contributed by atoms with E-state index in [4.69, 9.17) is 9.16 Å². The van der Waals surface area contributed by atoms with Gasteiger partial charge in [0.25, 0.3) is 0 Å². The molecule has 0 radical (unpaired) electrons. The largest absolute Gasteiger partial charge is 0.484 e. The first kappa shape index (κ1) is 19.5. The topological polar surface area (TPSA) is 18.5 Å². The van der Waals surface area contributed by atoms with Crippen LogP contribution in [0.15, 0.2) is 22.7 Å². The van der Waals surface area contributed by atoms with Crippen LogP contribution < -0.4 is 4.74 Å².